The Morgan fingerprint density at radius 1 is 1.54 bits per heavy atom. The van der Waals surface area contributed by atoms with Crippen LogP contribution in [0, 0.1) is 11.3 Å². The maximum Gasteiger partial charge on any atom is 0.0991 e. The molecule has 0 amide bonds. The zero-order chi connectivity index (χ0) is 9.26. The van der Waals surface area contributed by atoms with E-state index in [-0.39, 0.29) is 6.04 Å². The van der Waals surface area contributed by atoms with Crippen molar-refractivity contribution in [1.82, 2.24) is 0 Å². The molecule has 0 saturated carbocycles. The number of nitriles is 1. The van der Waals surface area contributed by atoms with Crippen LogP contribution in [0.4, 0.5) is 5.69 Å². The molecular weight excluding hydrogens is 162 g/mol. The molecule has 0 aromatic heterocycles. The van der Waals surface area contributed by atoms with Crippen LogP contribution in [0.5, 0.6) is 0 Å². The second-order valence-electron chi connectivity index (χ2n) is 3.24. The molecule has 1 aromatic carbocycles. The lowest BCUT2D eigenvalue weighted by molar-refractivity contribution is 0.655. The van der Waals surface area contributed by atoms with Crippen molar-refractivity contribution < 1.29 is 0 Å². The van der Waals surface area contributed by atoms with Crippen molar-refractivity contribution in [2.45, 2.75) is 12.5 Å². The number of fused-ring (bicyclic) bond motifs is 1. The molecule has 0 fully saturated rings. The number of rotatable bonds is 0. The molecule has 1 heterocycles. The highest BCUT2D eigenvalue weighted by Gasteiger charge is 2.16. The van der Waals surface area contributed by atoms with Crippen LogP contribution in [0.2, 0.25) is 0 Å². The fraction of sp³-hybridized carbons (Fsp3) is 0.300. The third-order valence-electron chi connectivity index (χ3n) is 2.35. The van der Waals surface area contributed by atoms with Gasteiger partial charge in [-0.05, 0) is 30.2 Å². The van der Waals surface area contributed by atoms with Crippen LogP contribution in [0.3, 0.4) is 0 Å². The molecule has 0 radical (unpaired) electrons. The molecule has 3 N–H and O–H groups in total. The van der Waals surface area contributed by atoms with Gasteiger partial charge in [-0.15, -0.1) is 0 Å². The average molecular weight is 173 g/mol. The van der Waals surface area contributed by atoms with Gasteiger partial charge in [0.15, 0.2) is 0 Å². The highest BCUT2D eigenvalue weighted by Crippen LogP contribution is 2.28. The summed E-state index contributed by atoms with van der Waals surface area (Å²) in [5.41, 5.74) is 8.73. The van der Waals surface area contributed by atoms with Crippen LogP contribution in [-0.2, 0) is 0 Å². The molecule has 0 aliphatic carbocycles. The number of benzene rings is 1. The Hall–Kier alpha value is -1.53. The third-order valence-corrected chi connectivity index (χ3v) is 2.35. The Morgan fingerprint density at radius 2 is 2.38 bits per heavy atom. The number of hydrogen-bond donors (Lipinski definition) is 2. The monoisotopic (exact) mass is 173 g/mol. The first kappa shape index (κ1) is 8.09. The molecule has 3 heteroatoms. The summed E-state index contributed by atoms with van der Waals surface area (Å²) in [6.07, 6.45) is 0.932. The van der Waals surface area contributed by atoms with E-state index in [2.05, 4.69) is 11.4 Å². The molecule has 0 spiro atoms. The Bertz CT molecular complexity index is 365. The van der Waals surface area contributed by atoms with Gasteiger partial charge >= 0.3 is 0 Å². The topological polar surface area (TPSA) is 61.8 Å². The number of nitrogens with zero attached hydrogens (tertiary/aromatic N) is 1. The first-order chi connectivity index (χ1) is 6.31. The maximum atomic E-state index is 8.71. The summed E-state index contributed by atoms with van der Waals surface area (Å²) in [5, 5.41) is 12.0. The van der Waals surface area contributed by atoms with Crippen LogP contribution < -0.4 is 11.1 Å². The van der Waals surface area contributed by atoms with Gasteiger partial charge in [-0.2, -0.15) is 5.26 Å². The van der Waals surface area contributed by atoms with Crippen molar-refractivity contribution in [1.29, 1.82) is 5.26 Å². The van der Waals surface area contributed by atoms with E-state index in [1.165, 1.54) is 0 Å². The van der Waals surface area contributed by atoms with Gasteiger partial charge < -0.3 is 11.1 Å². The van der Waals surface area contributed by atoms with Crippen molar-refractivity contribution in [2.24, 2.45) is 5.73 Å². The lowest BCUT2D eigenvalue weighted by Gasteiger charge is -2.23. The zero-order valence-electron chi connectivity index (χ0n) is 7.25. The molecule has 0 bridgehead atoms. The van der Waals surface area contributed by atoms with Gasteiger partial charge in [0.25, 0.3) is 0 Å². The summed E-state index contributed by atoms with van der Waals surface area (Å²) in [4.78, 5) is 0. The standard InChI is InChI=1S/C10H11N3/c11-6-7-1-2-10-8(5-7)9(12)3-4-13-10/h1-2,5,9,13H,3-4,12H2. The maximum absolute atomic E-state index is 8.71. The van der Waals surface area contributed by atoms with Crippen molar-refractivity contribution in [3.05, 3.63) is 29.3 Å². The minimum absolute atomic E-state index is 0.0737. The van der Waals surface area contributed by atoms with Gasteiger partial charge in [-0.3, -0.25) is 0 Å². The second-order valence-corrected chi connectivity index (χ2v) is 3.24. The van der Waals surface area contributed by atoms with E-state index in [0.717, 1.165) is 24.2 Å². The highest BCUT2D eigenvalue weighted by atomic mass is 14.9. The van der Waals surface area contributed by atoms with E-state index >= 15 is 0 Å². The summed E-state index contributed by atoms with van der Waals surface area (Å²) >= 11 is 0. The Labute approximate surface area is 77.2 Å². The third kappa shape index (κ3) is 1.36. The second kappa shape index (κ2) is 3.08. The largest absolute Gasteiger partial charge is 0.385 e. The molecule has 3 nitrogen and oxygen atoms in total. The lowest BCUT2D eigenvalue weighted by atomic mass is 9.97. The quantitative estimate of drug-likeness (QED) is 0.623. The normalized spacial score (nSPS) is 19.8. The first-order valence-corrected chi connectivity index (χ1v) is 4.35. The van der Waals surface area contributed by atoms with E-state index in [0.29, 0.717) is 5.56 Å². The number of nitrogens with two attached hydrogens (primary N) is 1. The van der Waals surface area contributed by atoms with E-state index in [1.807, 2.05) is 18.2 Å². The van der Waals surface area contributed by atoms with Crippen molar-refractivity contribution in [2.75, 3.05) is 11.9 Å². The minimum atomic E-state index is 0.0737. The molecule has 1 aliphatic heterocycles. The summed E-state index contributed by atoms with van der Waals surface area (Å²) in [6, 6.07) is 7.79. The number of nitrogens with one attached hydrogen (secondary N) is 1. The van der Waals surface area contributed by atoms with Crippen molar-refractivity contribution >= 4 is 5.69 Å². The summed E-state index contributed by atoms with van der Waals surface area (Å²) in [5.74, 6) is 0. The van der Waals surface area contributed by atoms with E-state index in [4.69, 9.17) is 11.0 Å². The van der Waals surface area contributed by atoms with Crippen LogP contribution in [0.1, 0.15) is 23.6 Å². The van der Waals surface area contributed by atoms with Crippen molar-refractivity contribution in [3.63, 3.8) is 0 Å². The molecule has 1 unspecified atom stereocenters. The van der Waals surface area contributed by atoms with Gasteiger partial charge in [-0.25, -0.2) is 0 Å². The van der Waals surface area contributed by atoms with Crippen LogP contribution in [0.15, 0.2) is 18.2 Å². The van der Waals surface area contributed by atoms with Crippen LogP contribution in [-0.4, -0.2) is 6.54 Å². The van der Waals surface area contributed by atoms with Gasteiger partial charge in [0, 0.05) is 18.3 Å². The van der Waals surface area contributed by atoms with Crippen molar-refractivity contribution in [3.8, 4) is 6.07 Å². The van der Waals surface area contributed by atoms with Gasteiger partial charge in [0.05, 0.1) is 11.6 Å². The predicted octanol–water partition coefficient (Wildman–Crippen LogP) is 1.37. The van der Waals surface area contributed by atoms with Crippen LogP contribution >= 0.6 is 0 Å². The molecular formula is C10H11N3. The molecule has 1 aromatic rings. The molecule has 1 aliphatic rings. The molecule has 2 rings (SSSR count). The first-order valence-electron chi connectivity index (χ1n) is 4.35. The van der Waals surface area contributed by atoms with Gasteiger partial charge in [0.2, 0.25) is 0 Å². The van der Waals surface area contributed by atoms with E-state index in [9.17, 15) is 0 Å². The van der Waals surface area contributed by atoms with E-state index in [1.54, 1.807) is 0 Å². The summed E-state index contributed by atoms with van der Waals surface area (Å²) in [6.45, 7) is 0.917. The fourth-order valence-electron chi connectivity index (χ4n) is 1.62. The van der Waals surface area contributed by atoms with Crippen LogP contribution in [0.25, 0.3) is 0 Å². The predicted molar refractivity (Wildman–Crippen MR) is 51.2 cm³/mol. The highest BCUT2D eigenvalue weighted by molar-refractivity contribution is 5.57. The van der Waals surface area contributed by atoms with E-state index < -0.39 is 0 Å². The zero-order valence-corrected chi connectivity index (χ0v) is 7.25. The number of anilines is 1. The Kier molecular flexibility index (Phi) is 1.91. The molecule has 0 saturated heterocycles. The molecule has 1 atom stereocenters. The minimum Gasteiger partial charge on any atom is -0.385 e. The van der Waals surface area contributed by atoms with Gasteiger partial charge in [-0.1, -0.05) is 0 Å². The lowest BCUT2D eigenvalue weighted by Crippen LogP contribution is -2.22. The number of hydrogen-bond acceptors (Lipinski definition) is 3. The Morgan fingerprint density at radius 3 is 3.15 bits per heavy atom. The summed E-state index contributed by atoms with van der Waals surface area (Å²) in [7, 11) is 0. The van der Waals surface area contributed by atoms with Gasteiger partial charge in [0.1, 0.15) is 0 Å². The summed E-state index contributed by atoms with van der Waals surface area (Å²) < 4.78 is 0. The smallest absolute Gasteiger partial charge is 0.0991 e. The fourth-order valence-corrected chi connectivity index (χ4v) is 1.62. The average Bonchev–Trinajstić information content (AvgIpc) is 2.18. The molecule has 13 heavy (non-hydrogen) atoms. The Balaban J connectivity index is 2.48. The molecule has 66 valence electrons. The SMILES string of the molecule is N#Cc1ccc2c(c1)C(N)CCN2.